The minimum Gasteiger partial charge on any atom is -0.450 e. The van der Waals surface area contributed by atoms with Gasteiger partial charge in [0.25, 0.3) is 0 Å². The van der Waals surface area contributed by atoms with Crippen molar-refractivity contribution in [1.29, 1.82) is 0 Å². The standard InChI is InChI=1S/C18H25N3O6/c19-17(24)26-12-5-4-9-15(16(23)20-10-6-11-22)21-18(25)27-13-14-7-2-1-3-8-14/h1-3,7-8,11,15H,4-6,9-10,12-13H2,(H2,19,24)(H,20,23)(H,21,25). The van der Waals surface area contributed by atoms with Crippen molar-refractivity contribution in [3.05, 3.63) is 35.9 Å². The van der Waals surface area contributed by atoms with Crippen LogP contribution in [-0.4, -0.2) is 43.6 Å². The maximum atomic E-state index is 12.2. The minimum absolute atomic E-state index is 0.0820. The maximum absolute atomic E-state index is 12.2. The maximum Gasteiger partial charge on any atom is 0.408 e. The predicted molar refractivity (Wildman–Crippen MR) is 96.6 cm³/mol. The van der Waals surface area contributed by atoms with Crippen molar-refractivity contribution < 1.29 is 28.7 Å². The summed E-state index contributed by atoms with van der Waals surface area (Å²) in [5, 5.41) is 5.10. The van der Waals surface area contributed by atoms with E-state index in [4.69, 9.17) is 10.5 Å². The number of unbranched alkanes of at least 4 members (excludes halogenated alkanes) is 1. The molecule has 1 atom stereocenters. The molecule has 1 aromatic rings. The zero-order chi connectivity index (χ0) is 19.9. The number of hydrogen-bond donors (Lipinski definition) is 3. The highest BCUT2D eigenvalue weighted by Gasteiger charge is 2.21. The Morgan fingerprint density at radius 1 is 1.11 bits per heavy atom. The van der Waals surface area contributed by atoms with Crippen molar-refractivity contribution in [3.8, 4) is 0 Å². The first-order chi connectivity index (χ1) is 13.0. The number of amides is 3. The van der Waals surface area contributed by atoms with Gasteiger partial charge in [-0.1, -0.05) is 30.3 Å². The van der Waals surface area contributed by atoms with Crippen molar-refractivity contribution in [3.63, 3.8) is 0 Å². The second-order valence-electron chi connectivity index (χ2n) is 5.67. The lowest BCUT2D eigenvalue weighted by molar-refractivity contribution is -0.123. The van der Waals surface area contributed by atoms with E-state index in [0.717, 1.165) is 5.56 Å². The van der Waals surface area contributed by atoms with Gasteiger partial charge in [-0.05, 0) is 24.8 Å². The van der Waals surface area contributed by atoms with Crippen LogP contribution < -0.4 is 16.4 Å². The molecular weight excluding hydrogens is 354 g/mol. The van der Waals surface area contributed by atoms with Gasteiger partial charge in [0.1, 0.15) is 18.9 Å². The normalized spacial score (nSPS) is 11.1. The lowest BCUT2D eigenvalue weighted by Crippen LogP contribution is -2.47. The molecule has 1 aromatic carbocycles. The second-order valence-corrected chi connectivity index (χ2v) is 5.67. The fraction of sp³-hybridized carbons (Fsp3) is 0.444. The van der Waals surface area contributed by atoms with E-state index in [-0.39, 0.29) is 26.2 Å². The van der Waals surface area contributed by atoms with Crippen LogP contribution in [-0.2, 0) is 25.7 Å². The number of carbonyl (C=O) groups excluding carboxylic acids is 4. The molecule has 1 unspecified atom stereocenters. The third kappa shape index (κ3) is 10.5. The molecular formula is C18H25N3O6. The number of nitrogens with two attached hydrogens (primary N) is 1. The van der Waals surface area contributed by atoms with Crippen LogP contribution >= 0.6 is 0 Å². The molecule has 148 valence electrons. The van der Waals surface area contributed by atoms with Crippen LogP contribution in [0.3, 0.4) is 0 Å². The van der Waals surface area contributed by atoms with E-state index in [1.54, 1.807) is 0 Å². The molecule has 0 fully saturated rings. The highest BCUT2D eigenvalue weighted by Crippen LogP contribution is 2.05. The van der Waals surface area contributed by atoms with Gasteiger partial charge in [0, 0.05) is 13.0 Å². The van der Waals surface area contributed by atoms with E-state index in [1.807, 2.05) is 30.3 Å². The van der Waals surface area contributed by atoms with Crippen molar-refractivity contribution in [1.82, 2.24) is 10.6 Å². The van der Waals surface area contributed by atoms with Gasteiger partial charge >= 0.3 is 12.2 Å². The Hall–Kier alpha value is -3.10. The number of ether oxygens (including phenoxy) is 2. The molecule has 0 aromatic heterocycles. The largest absolute Gasteiger partial charge is 0.450 e. The monoisotopic (exact) mass is 379 g/mol. The predicted octanol–water partition coefficient (Wildman–Crippen LogP) is 1.25. The van der Waals surface area contributed by atoms with E-state index in [0.29, 0.717) is 25.5 Å². The Morgan fingerprint density at radius 2 is 1.85 bits per heavy atom. The van der Waals surface area contributed by atoms with Gasteiger partial charge in [-0.25, -0.2) is 9.59 Å². The molecule has 0 spiro atoms. The summed E-state index contributed by atoms with van der Waals surface area (Å²) in [5.74, 6) is -0.413. The van der Waals surface area contributed by atoms with Crippen LogP contribution in [0.1, 0.15) is 31.2 Å². The summed E-state index contributed by atoms with van der Waals surface area (Å²) in [6.45, 7) is 0.399. The second kappa shape index (κ2) is 13.2. The smallest absolute Gasteiger partial charge is 0.408 e. The number of alkyl carbamates (subject to hydrolysis) is 1. The molecule has 0 saturated heterocycles. The first-order valence-electron chi connectivity index (χ1n) is 8.63. The molecule has 9 heteroatoms. The van der Waals surface area contributed by atoms with Crippen LogP contribution in [0.25, 0.3) is 0 Å². The van der Waals surface area contributed by atoms with Gasteiger partial charge in [0.05, 0.1) is 6.61 Å². The van der Waals surface area contributed by atoms with Crippen molar-refractivity contribution in [2.45, 2.75) is 38.3 Å². The van der Waals surface area contributed by atoms with E-state index in [1.165, 1.54) is 0 Å². The van der Waals surface area contributed by atoms with Gasteiger partial charge in [0.15, 0.2) is 0 Å². The molecule has 1 rings (SSSR count). The summed E-state index contributed by atoms with van der Waals surface area (Å²) in [5.41, 5.74) is 5.69. The van der Waals surface area contributed by atoms with Crippen LogP contribution in [0, 0.1) is 0 Å². The average Bonchev–Trinajstić information content (AvgIpc) is 2.66. The summed E-state index contributed by atoms with van der Waals surface area (Å²) < 4.78 is 9.74. The van der Waals surface area contributed by atoms with Crippen molar-refractivity contribution in [2.24, 2.45) is 5.73 Å². The fourth-order valence-electron chi connectivity index (χ4n) is 2.18. The zero-order valence-electron chi connectivity index (χ0n) is 15.0. The SMILES string of the molecule is NC(=O)OCCCCC(NC(=O)OCc1ccccc1)C(=O)NCCC=O. The molecule has 0 saturated carbocycles. The number of hydrogen-bond acceptors (Lipinski definition) is 6. The minimum atomic E-state index is -0.860. The van der Waals surface area contributed by atoms with E-state index < -0.39 is 24.1 Å². The molecule has 27 heavy (non-hydrogen) atoms. The Bertz CT molecular complexity index is 608. The highest BCUT2D eigenvalue weighted by molar-refractivity contribution is 5.85. The first kappa shape index (κ1) is 21.9. The van der Waals surface area contributed by atoms with Gasteiger partial charge in [0.2, 0.25) is 5.91 Å². The van der Waals surface area contributed by atoms with Gasteiger partial charge in [-0.3, -0.25) is 4.79 Å². The Kier molecular flexibility index (Phi) is 10.7. The number of nitrogens with one attached hydrogen (secondary N) is 2. The van der Waals surface area contributed by atoms with E-state index in [2.05, 4.69) is 15.4 Å². The molecule has 9 nitrogen and oxygen atoms in total. The van der Waals surface area contributed by atoms with Gasteiger partial charge < -0.3 is 30.6 Å². The summed E-state index contributed by atoms with van der Waals surface area (Å²) in [6, 6.07) is 8.31. The third-order valence-corrected chi connectivity index (χ3v) is 3.51. The summed E-state index contributed by atoms with van der Waals surface area (Å²) in [6.07, 6.45) is 0.611. The summed E-state index contributed by atoms with van der Waals surface area (Å²) in [4.78, 5) is 45.1. The Morgan fingerprint density at radius 3 is 2.52 bits per heavy atom. The lowest BCUT2D eigenvalue weighted by Gasteiger charge is -2.18. The average molecular weight is 379 g/mol. The quantitative estimate of drug-likeness (QED) is 0.369. The number of aldehydes is 1. The van der Waals surface area contributed by atoms with Crippen LogP contribution in [0.5, 0.6) is 0 Å². The molecule has 0 bridgehead atoms. The Balaban J connectivity index is 2.47. The number of benzene rings is 1. The molecule has 0 heterocycles. The molecule has 3 amide bonds. The molecule has 0 aliphatic rings. The number of primary amides is 1. The molecule has 4 N–H and O–H groups in total. The van der Waals surface area contributed by atoms with Crippen LogP contribution in [0.15, 0.2) is 30.3 Å². The van der Waals surface area contributed by atoms with Crippen molar-refractivity contribution >= 4 is 24.4 Å². The van der Waals surface area contributed by atoms with E-state index in [9.17, 15) is 19.2 Å². The fourth-order valence-corrected chi connectivity index (χ4v) is 2.18. The molecule has 0 aliphatic carbocycles. The first-order valence-corrected chi connectivity index (χ1v) is 8.63. The third-order valence-electron chi connectivity index (χ3n) is 3.51. The van der Waals surface area contributed by atoms with Gasteiger partial charge in [-0.15, -0.1) is 0 Å². The summed E-state index contributed by atoms with van der Waals surface area (Å²) in [7, 11) is 0. The zero-order valence-corrected chi connectivity index (χ0v) is 15.0. The summed E-state index contributed by atoms with van der Waals surface area (Å²) >= 11 is 0. The van der Waals surface area contributed by atoms with Crippen LogP contribution in [0.2, 0.25) is 0 Å². The van der Waals surface area contributed by atoms with Crippen LogP contribution in [0.4, 0.5) is 9.59 Å². The Labute approximate surface area is 157 Å². The van der Waals surface area contributed by atoms with Gasteiger partial charge in [-0.2, -0.15) is 0 Å². The molecule has 0 radical (unpaired) electrons. The topological polar surface area (TPSA) is 137 Å². The van der Waals surface area contributed by atoms with Crippen molar-refractivity contribution in [2.75, 3.05) is 13.2 Å². The lowest BCUT2D eigenvalue weighted by atomic mass is 10.1. The number of rotatable bonds is 12. The highest BCUT2D eigenvalue weighted by atomic mass is 16.5. The molecule has 0 aliphatic heterocycles. The number of carbonyl (C=O) groups is 4. The van der Waals surface area contributed by atoms with E-state index >= 15 is 0 Å².